The van der Waals surface area contributed by atoms with E-state index in [0.29, 0.717) is 6.42 Å². The van der Waals surface area contributed by atoms with Crippen LogP contribution in [0.1, 0.15) is 90.9 Å². The summed E-state index contributed by atoms with van der Waals surface area (Å²) in [7, 11) is 0. The zero-order valence-corrected chi connectivity index (χ0v) is 16.9. The highest BCUT2D eigenvalue weighted by Crippen LogP contribution is 2.14. The number of hydrogen-bond acceptors (Lipinski definition) is 2. The summed E-state index contributed by atoms with van der Waals surface area (Å²) >= 11 is 0. The van der Waals surface area contributed by atoms with Gasteiger partial charge in [-0.2, -0.15) is 0 Å². The number of ketones is 1. The van der Waals surface area contributed by atoms with Crippen molar-refractivity contribution in [3.63, 3.8) is 0 Å². The van der Waals surface area contributed by atoms with Crippen molar-refractivity contribution in [2.45, 2.75) is 90.9 Å². The van der Waals surface area contributed by atoms with Crippen LogP contribution in [-0.4, -0.2) is 29.7 Å². The summed E-state index contributed by atoms with van der Waals surface area (Å²) < 4.78 is 0. The average molecular weight is 360 g/mol. The van der Waals surface area contributed by atoms with E-state index in [-0.39, 0.29) is 37.1 Å². The van der Waals surface area contributed by atoms with Gasteiger partial charge >= 0.3 is 0 Å². The van der Waals surface area contributed by atoms with Crippen LogP contribution in [-0.2, 0) is 9.59 Å². The number of nitrogens with zero attached hydrogens (tertiary/aromatic N) is 1. The molecule has 0 aliphatic heterocycles. The van der Waals surface area contributed by atoms with E-state index in [1.54, 1.807) is 6.92 Å². The quantitative estimate of drug-likeness (QED) is 0.288. The highest BCUT2D eigenvalue weighted by molar-refractivity contribution is 5.86. The smallest absolute Gasteiger partial charge is 0.227 e. The van der Waals surface area contributed by atoms with Gasteiger partial charge in [-0.1, -0.05) is 83.5 Å². The lowest BCUT2D eigenvalue weighted by Crippen LogP contribution is -2.36. The maximum absolute atomic E-state index is 12.3. The van der Waals surface area contributed by atoms with E-state index in [2.05, 4.69) is 18.8 Å². The highest BCUT2D eigenvalue weighted by Gasteiger charge is 2.21. The summed E-state index contributed by atoms with van der Waals surface area (Å²) in [5.41, 5.74) is 0. The van der Waals surface area contributed by atoms with Crippen molar-refractivity contribution in [2.24, 2.45) is 5.92 Å². The van der Waals surface area contributed by atoms with Crippen LogP contribution in [0.5, 0.6) is 0 Å². The SMILES string of the molecule is C#CCN(CC#C)C(=O)[C@@H](C)CC(=O)CCCCCCCCCCCC. The molecule has 1 atom stereocenters. The second kappa shape index (κ2) is 16.7. The molecule has 26 heavy (non-hydrogen) atoms. The predicted octanol–water partition coefficient (Wildman–Crippen LogP) is 4.99. The molecular weight excluding hydrogens is 322 g/mol. The third-order valence-electron chi connectivity index (χ3n) is 4.64. The van der Waals surface area contributed by atoms with Crippen LogP contribution in [0.3, 0.4) is 0 Å². The van der Waals surface area contributed by atoms with Crippen LogP contribution >= 0.6 is 0 Å². The molecular formula is C23H37NO2. The van der Waals surface area contributed by atoms with Gasteiger partial charge in [-0.3, -0.25) is 9.59 Å². The van der Waals surface area contributed by atoms with Crippen molar-refractivity contribution in [3.05, 3.63) is 0 Å². The first-order valence-electron chi connectivity index (χ1n) is 10.2. The molecule has 146 valence electrons. The van der Waals surface area contributed by atoms with Crippen molar-refractivity contribution >= 4 is 11.7 Å². The Balaban J connectivity index is 3.80. The predicted molar refractivity (Wildman–Crippen MR) is 109 cm³/mol. The van der Waals surface area contributed by atoms with E-state index < -0.39 is 0 Å². The van der Waals surface area contributed by atoms with Gasteiger partial charge in [-0.25, -0.2) is 0 Å². The van der Waals surface area contributed by atoms with Crippen LogP contribution < -0.4 is 0 Å². The van der Waals surface area contributed by atoms with Crippen LogP contribution in [0, 0.1) is 30.6 Å². The first-order valence-corrected chi connectivity index (χ1v) is 10.2. The summed E-state index contributed by atoms with van der Waals surface area (Å²) in [5, 5.41) is 0. The van der Waals surface area contributed by atoms with Gasteiger partial charge in [0.2, 0.25) is 5.91 Å². The molecule has 0 saturated heterocycles. The van der Waals surface area contributed by atoms with E-state index in [9.17, 15) is 9.59 Å². The molecule has 0 aromatic rings. The number of amides is 1. The van der Waals surface area contributed by atoms with Gasteiger partial charge < -0.3 is 4.90 Å². The van der Waals surface area contributed by atoms with E-state index >= 15 is 0 Å². The van der Waals surface area contributed by atoms with Gasteiger partial charge in [0.15, 0.2) is 0 Å². The van der Waals surface area contributed by atoms with Crippen molar-refractivity contribution in [3.8, 4) is 24.7 Å². The molecule has 0 heterocycles. The molecule has 0 N–H and O–H groups in total. The molecule has 0 spiro atoms. The molecule has 3 heteroatoms. The fourth-order valence-corrected chi connectivity index (χ4v) is 3.08. The van der Waals surface area contributed by atoms with Gasteiger partial charge in [0.25, 0.3) is 0 Å². The van der Waals surface area contributed by atoms with E-state index in [1.165, 1.54) is 56.3 Å². The third kappa shape index (κ3) is 12.6. The van der Waals surface area contributed by atoms with Crippen molar-refractivity contribution in [1.82, 2.24) is 4.90 Å². The second-order valence-corrected chi connectivity index (χ2v) is 7.18. The summed E-state index contributed by atoms with van der Waals surface area (Å²) in [5.74, 6) is 4.56. The molecule has 0 unspecified atom stereocenters. The fraction of sp³-hybridized carbons (Fsp3) is 0.739. The van der Waals surface area contributed by atoms with Crippen LogP contribution in [0.15, 0.2) is 0 Å². The van der Waals surface area contributed by atoms with Crippen molar-refractivity contribution < 1.29 is 9.59 Å². The number of carbonyl (C=O) groups is 2. The Kier molecular flexibility index (Phi) is 15.6. The number of terminal acetylenes is 2. The second-order valence-electron chi connectivity index (χ2n) is 7.18. The minimum absolute atomic E-state index is 0.127. The van der Waals surface area contributed by atoms with E-state index in [4.69, 9.17) is 12.8 Å². The summed E-state index contributed by atoms with van der Waals surface area (Å²) in [6, 6.07) is 0. The summed E-state index contributed by atoms with van der Waals surface area (Å²) in [6.07, 6.45) is 23.9. The number of rotatable bonds is 16. The zero-order chi connectivity index (χ0) is 19.6. The molecule has 0 bridgehead atoms. The van der Waals surface area contributed by atoms with Crippen LogP contribution in [0.4, 0.5) is 0 Å². The molecule has 0 aliphatic rings. The van der Waals surface area contributed by atoms with Gasteiger partial charge in [-0.05, 0) is 6.42 Å². The molecule has 0 fully saturated rings. The van der Waals surface area contributed by atoms with E-state index in [1.807, 2.05) is 0 Å². The monoisotopic (exact) mass is 359 g/mol. The highest BCUT2D eigenvalue weighted by atomic mass is 16.2. The summed E-state index contributed by atoms with van der Waals surface area (Å²) in [4.78, 5) is 25.8. The Morgan fingerprint density at radius 1 is 0.846 bits per heavy atom. The van der Waals surface area contributed by atoms with E-state index in [0.717, 1.165) is 12.8 Å². The lowest BCUT2D eigenvalue weighted by atomic mass is 9.99. The Morgan fingerprint density at radius 3 is 1.77 bits per heavy atom. The zero-order valence-electron chi connectivity index (χ0n) is 16.9. The Morgan fingerprint density at radius 2 is 1.31 bits per heavy atom. The molecule has 0 aromatic heterocycles. The van der Waals surface area contributed by atoms with Gasteiger partial charge in [0, 0.05) is 18.8 Å². The maximum Gasteiger partial charge on any atom is 0.227 e. The Hall–Kier alpha value is -1.74. The number of unbranched alkanes of at least 4 members (excludes halogenated alkanes) is 9. The maximum atomic E-state index is 12.3. The fourth-order valence-electron chi connectivity index (χ4n) is 3.08. The summed E-state index contributed by atoms with van der Waals surface area (Å²) in [6.45, 7) is 4.40. The van der Waals surface area contributed by atoms with Gasteiger partial charge in [0.05, 0.1) is 13.1 Å². The topological polar surface area (TPSA) is 37.4 Å². The van der Waals surface area contributed by atoms with Crippen LogP contribution in [0.2, 0.25) is 0 Å². The number of hydrogen-bond donors (Lipinski definition) is 0. The first-order chi connectivity index (χ1) is 12.6. The molecule has 0 radical (unpaired) electrons. The van der Waals surface area contributed by atoms with Gasteiger partial charge in [0.1, 0.15) is 5.78 Å². The van der Waals surface area contributed by atoms with Crippen molar-refractivity contribution in [1.29, 1.82) is 0 Å². The van der Waals surface area contributed by atoms with Gasteiger partial charge in [-0.15, -0.1) is 12.8 Å². The minimum Gasteiger partial charge on any atom is -0.320 e. The Bertz CT molecular complexity index is 454. The molecule has 0 aromatic carbocycles. The standard InChI is InChI=1S/C23H37NO2/c1-5-8-9-10-11-12-13-14-15-16-17-22(25)20-21(4)23(26)24(18-6-2)19-7-3/h2-3,21H,5,8-20H2,1,4H3/t21-/m0/s1. The van der Waals surface area contributed by atoms with Crippen molar-refractivity contribution in [2.75, 3.05) is 13.1 Å². The average Bonchev–Trinajstić information content (AvgIpc) is 2.62. The molecule has 0 aliphatic carbocycles. The molecule has 0 rings (SSSR count). The molecule has 0 saturated carbocycles. The third-order valence-corrected chi connectivity index (χ3v) is 4.64. The molecule has 3 nitrogen and oxygen atoms in total. The first kappa shape index (κ1) is 24.3. The lowest BCUT2D eigenvalue weighted by Gasteiger charge is -2.21. The number of carbonyl (C=O) groups excluding carboxylic acids is 2. The largest absolute Gasteiger partial charge is 0.320 e. The molecule has 1 amide bonds. The van der Waals surface area contributed by atoms with Crippen LogP contribution in [0.25, 0.3) is 0 Å². The minimum atomic E-state index is -0.354. The lowest BCUT2D eigenvalue weighted by molar-refractivity contribution is -0.136. The number of Topliss-reactive ketones (excluding diaryl/α,β-unsaturated/α-hetero) is 1. The normalized spacial score (nSPS) is 11.4. The Labute approximate surface area is 161 Å².